The molecule has 0 aliphatic carbocycles. The predicted octanol–water partition coefficient (Wildman–Crippen LogP) is 0.160. The molecular formula is C14H23N3O3. The molecule has 6 nitrogen and oxygen atoms in total. The Morgan fingerprint density at radius 3 is 2.75 bits per heavy atom. The number of amides is 1. The van der Waals surface area contributed by atoms with E-state index in [2.05, 4.69) is 15.1 Å². The highest BCUT2D eigenvalue weighted by atomic mass is 16.5. The summed E-state index contributed by atoms with van der Waals surface area (Å²) in [5.74, 6) is 1.07. The van der Waals surface area contributed by atoms with Gasteiger partial charge in [-0.1, -0.05) is 0 Å². The molecule has 2 rings (SSSR count). The highest BCUT2D eigenvalue weighted by Crippen LogP contribution is 2.08. The maximum Gasteiger partial charge on any atom is 0.234 e. The van der Waals surface area contributed by atoms with E-state index in [1.54, 1.807) is 13.4 Å². The quantitative estimate of drug-likeness (QED) is 0.722. The molecule has 1 saturated heterocycles. The van der Waals surface area contributed by atoms with Gasteiger partial charge in [-0.3, -0.25) is 14.6 Å². The van der Waals surface area contributed by atoms with Crippen molar-refractivity contribution in [2.45, 2.75) is 6.54 Å². The van der Waals surface area contributed by atoms with Gasteiger partial charge in [0, 0.05) is 39.8 Å². The lowest BCUT2D eigenvalue weighted by atomic mass is 10.3. The summed E-state index contributed by atoms with van der Waals surface area (Å²) < 4.78 is 10.3. The summed E-state index contributed by atoms with van der Waals surface area (Å²) >= 11 is 0. The topological polar surface area (TPSA) is 58.0 Å². The second kappa shape index (κ2) is 8.04. The minimum Gasteiger partial charge on any atom is -0.468 e. The van der Waals surface area contributed by atoms with Crippen LogP contribution in [0.3, 0.4) is 0 Å². The summed E-state index contributed by atoms with van der Waals surface area (Å²) in [6.45, 7) is 6.21. The number of furan rings is 1. The lowest BCUT2D eigenvalue weighted by Crippen LogP contribution is -2.49. The summed E-state index contributed by atoms with van der Waals surface area (Å²) in [6, 6.07) is 3.91. The monoisotopic (exact) mass is 281 g/mol. The molecule has 112 valence electrons. The van der Waals surface area contributed by atoms with E-state index in [9.17, 15) is 4.79 Å². The van der Waals surface area contributed by atoms with Crippen molar-refractivity contribution in [3.05, 3.63) is 24.2 Å². The number of ether oxygens (including phenoxy) is 1. The summed E-state index contributed by atoms with van der Waals surface area (Å²) in [4.78, 5) is 16.2. The molecule has 2 heterocycles. The van der Waals surface area contributed by atoms with E-state index in [0.29, 0.717) is 19.7 Å². The molecule has 1 N–H and O–H groups in total. The van der Waals surface area contributed by atoms with Crippen molar-refractivity contribution in [3.63, 3.8) is 0 Å². The maximum atomic E-state index is 11.7. The fourth-order valence-corrected chi connectivity index (χ4v) is 2.28. The van der Waals surface area contributed by atoms with Crippen LogP contribution < -0.4 is 5.32 Å². The predicted molar refractivity (Wildman–Crippen MR) is 75.3 cm³/mol. The number of nitrogens with one attached hydrogen (secondary N) is 1. The van der Waals surface area contributed by atoms with Gasteiger partial charge in [-0.15, -0.1) is 0 Å². The van der Waals surface area contributed by atoms with E-state index in [-0.39, 0.29) is 5.91 Å². The normalized spacial score (nSPS) is 17.2. The molecule has 1 amide bonds. The van der Waals surface area contributed by atoms with E-state index < -0.39 is 0 Å². The number of rotatable bonds is 7. The summed E-state index contributed by atoms with van der Waals surface area (Å²) in [7, 11) is 1.63. The van der Waals surface area contributed by atoms with Crippen LogP contribution >= 0.6 is 0 Å². The first kappa shape index (κ1) is 15.0. The number of nitrogens with zero attached hydrogens (tertiary/aromatic N) is 2. The first-order valence-corrected chi connectivity index (χ1v) is 7.00. The zero-order valence-corrected chi connectivity index (χ0v) is 12.0. The van der Waals surface area contributed by atoms with Crippen LogP contribution in [0.15, 0.2) is 22.8 Å². The van der Waals surface area contributed by atoms with E-state index in [4.69, 9.17) is 9.15 Å². The van der Waals surface area contributed by atoms with Crippen molar-refractivity contribution in [3.8, 4) is 0 Å². The van der Waals surface area contributed by atoms with Gasteiger partial charge in [0.25, 0.3) is 0 Å². The first-order chi connectivity index (χ1) is 9.78. The van der Waals surface area contributed by atoms with Crippen molar-refractivity contribution in [2.75, 3.05) is 53.0 Å². The van der Waals surface area contributed by atoms with Crippen molar-refractivity contribution < 1.29 is 13.9 Å². The van der Waals surface area contributed by atoms with Crippen LogP contribution in [0.25, 0.3) is 0 Å². The van der Waals surface area contributed by atoms with Crippen molar-refractivity contribution >= 4 is 5.91 Å². The fraction of sp³-hybridized carbons (Fsp3) is 0.643. The molecule has 1 aromatic rings. The fourth-order valence-electron chi connectivity index (χ4n) is 2.28. The van der Waals surface area contributed by atoms with Gasteiger partial charge in [0.15, 0.2) is 0 Å². The third-order valence-corrected chi connectivity index (χ3v) is 3.42. The van der Waals surface area contributed by atoms with Gasteiger partial charge < -0.3 is 14.5 Å². The van der Waals surface area contributed by atoms with E-state index >= 15 is 0 Å². The molecule has 1 fully saturated rings. The van der Waals surface area contributed by atoms with Crippen LogP contribution in [-0.2, 0) is 16.1 Å². The standard InChI is InChI=1S/C14H23N3O3/c1-19-10-4-15-14(18)12-17-7-5-16(6-8-17)11-13-3-2-9-20-13/h2-3,9H,4-8,10-12H2,1H3,(H,15,18). The van der Waals surface area contributed by atoms with E-state index in [1.807, 2.05) is 12.1 Å². The van der Waals surface area contributed by atoms with Crippen LogP contribution in [0.1, 0.15) is 5.76 Å². The Labute approximate surface area is 119 Å². The summed E-state index contributed by atoms with van der Waals surface area (Å²) in [6.07, 6.45) is 1.70. The van der Waals surface area contributed by atoms with Crippen molar-refractivity contribution in [1.29, 1.82) is 0 Å². The van der Waals surface area contributed by atoms with Crippen molar-refractivity contribution in [1.82, 2.24) is 15.1 Å². The van der Waals surface area contributed by atoms with E-state index in [1.165, 1.54) is 0 Å². The van der Waals surface area contributed by atoms with Crippen LogP contribution in [0.4, 0.5) is 0 Å². The zero-order valence-electron chi connectivity index (χ0n) is 12.0. The molecule has 0 radical (unpaired) electrons. The molecule has 20 heavy (non-hydrogen) atoms. The smallest absolute Gasteiger partial charge is 0.234 e. The molecule has 1 aliphatic heterocycles. The molecular weight excluding hydrogens is 258 g/mol. The largest absolute Gasteiger partial charge is 0.468 e. The Balaban J connectivity index is 1.62. The Hall–Kier alpha value is -1.37. The third kappa shape index (κ3) is 4.96. The molecule has 0 spiro atoms. The number of piperazine rings is 1. The molecule has 1 aliphatic rings. The highest BCUT2D eigenvalue weighted by Gasteiger charge is 2.19. The molecule has 0 bridgehead atoms. The van der Waals surface area contributed by atoms with Crippen LogP contribution in [0.2, 0.25) is 0 Å². The number of methoxy groups -OCH3 is 1. The lowest BCUT2D eigenvalue weighted by Gasteiger charge is -2.33. The summed E-state index contributed by atoms with van der Waals surface area (Å²) in [5.41, 5.74) is 0. The number of carbonyl (C=O) groups is 1. The van der Waals surface area contributed by atoms with Crippen molar-refractivity contribution in [2.24, 2.45) is 0 Å². The number of hydrogen-bond acceptors (Lipinski definition) is 5. The first-order valence-electron chi connectivity index (χ1n) is 7.00. The van der Waals surface area contributed by atoms with Gasteiger partial charge in [-0.05, 0) is 12.1 Å². The molecule has 0 atom stereocenters. The van der Waals surface area contributed by atoms with Gasteiger partial charge in [-0.2, -0.15) is 0 Å². The average Bonchev–Trinajstić information content (AvgIpc) is 2.94. The third-order valence-electron chi connectivity index (χ3n) is 3.42. The Morgan fingerprint density at radius 1 is 1.35 bits per heavy atom. The number of hydrogen-bond donors (Lipinski definition) is 1. The molecule has 0 aromatic carbocycles. The zero-order chi connectivity index (χ0) is 14.2. The van der Waals surface area contributed by atoms with Gasteiger partial charge in [0.1, 0.15) is 5.76 Å². The average molecular weight is 281 g/mol. The number of carbonyl (C=O) groups excluding carboxylic acids is 1. The van der Waals surface area contributed by atoms with Gasteiger partial charge >= 0.3 is 0 Å². The van der Waals surface area contributed by atoms with Gasteiger partial charge in [0.05, 0.1) is 26.0 Å². The maximum absolute atomic E-state index is 11.7. The summed E-state index contributed by atoms with van der Waals surface area (Å²) in [5, 5.41) is 2.84. The van der Waals surface area contributed by atoms with Gasteiger partial charge in [0.2, 0.25) is 5.91 Å². The van der Waals surface area contributed by atoms with Crippen LogP contribution in [-0.4, -0.2) is 68.7 Å². The molecule has 0 unspecified atom stereocenters. The Morgan fingerprint density at radius 2 is 2.10 bits per heavy atom. The van der Waals surface area contributed by atoms with Gasteiger partial charge in [-0.25, -0.2) is 0 Å². The highest BCUT2D eigenvalue weighted by molar-refractivity contribution is 5.77. The second-order valence-corrected chi connectivity index (χ2v) is 4.97. The second-order valence-electron chi connectivity index (χ2n) is 4.97. The molecule has 6 heteroatoms. The minimum absolute atomic E-state index is 0.0709. The SMILES string of the molecule is COCCNC(=O)CN1CCN(Cc2ccco2)CC1. The lowest BCUT2D eigenvalue weighted by molar-refractivity contribution is -0.122. The Kier molecular flexibility index (Phi) is 6.04. The van der Waals surface area contributed by atoms with Crippen LogP contribution in [0, 0.1) is 0 Å². The molecule has 1 aromatic heterocycles. The van der Waals surface area contributed by atoms with E-state index in [0.717, 1.165) is 38.5 Å². The molecule has 0 saturated carbocycles. The minimum atomic E-state index is 0.0709. The Bertz CT molecular complexity index is 386. The van der Waals surface area contributed by atoms with Crippen LogP contribution in [0.5, 0.6) is 0 Å².